The van der Waals surface area contributed by atoms with Crippen molar-refractivity contribution in [3.05, 3.63) is 54.2 Å². The quantitative estimate of drug-likeness (QED) is 0.118. The van der Waals surface area contributed by atoms with Crippen LogP contribution in [0.3, 0.4) is 0 Å². The standard InChI is InChI=1S/C25H33N7O5S2/c1-39-7-6-19(25(36)37)30-23(34)20(8-14-10-28-18-5-3-2-4-16(14)18)31-24(35)21(12-38)32-22(33)17(26)9-15-11-27-13-29-15/h2-5,10-11,13,17,19-21,28,38H,6-9,12,26H2,1H3,(H,27,29)(H,30,34)(H,31,35)(H,32,33)(H,36,37). The van der Waals surface area contributed by atoms with Gasteiger partial charge in [-0.25, -0.2) is 9.78 Å². The van der Waals surface area contributed by atoms with Crippen LogP contribution in [0.1, 0.15) is 17.7 Å². The lowest BCUT2D eigenvalue weighted by Gasteiger charge is -2.24. The van der Waals surface area contributed by atoms with Crippen molar-refractivity contribution in [1.82, 2.24) is 30.9 Å². The number of para-hydroxylation sites is 1. The second-order valence-corrected chi connectivity index (χ2v) is 10.3. The molecule has 3 rings (SSSR count). The van der Waals surface area contributed by atoms with Gasteiger partial charge in [-0.1, -0.05) is 18.2 Å². The van der Waals surface area contributed by atoms with Gasteiger partial charge >= 0.3 is 5.97 Å². The third kappa shape index (κ3) is 8.50. The molecule has 8 N–H and O–H groups in total. The molecule has 3 amide bonds. The number of carboxylic acids is 1. The maximum Gasteiger partial charge on any atom is 0.326 e. The molecule has 210 valence electrons. The number of aromatic amines is 2. The predicted octanol–water partition coefficient (Wildman–Crippen LogP) is 0.225. The number of nitrogens with one attached hydrogen (secondary N) is 5. The van der Waals surface area contributed by atoms with Gasteiger partial charge in [0, 0.05) is 47.6 Å². The molecule has 0 aliphatic rings. The lowest BCUT2D eigenvalue weighted by molar-refractivity contribution is -0.142. The molecule has 0 radical (unpaired) electrons. The first kappa shape index (κ1) is 30.1. The van der Waals surface area contributed by atoms with E-state index in [-0.39, 0.29) is 25.0 Å². The van der Waals surface area contributed by atoms with E-state index >= 15 is 0 Å². The van der Waals surface area contributed by atoms with E-state index in [1.165, 1.54) is 18.1 Å². The van der Waals surface area contributed by atoms with Crippen molar-refractivity contribution in [2.24, 2.45) is 5.73 Å². The Morgan fingerprint density at radius 1 is 1.03 bits per heavy atom. The van der Waals surface area contributed by atoms with Gasteiger partial charge in [0.25, 0.3) is 0 Å². The van der Waals surface area contributed by atoms with E-state index in [0.29, 0.717) is 11.4 Å². The average molecular weight is 576 g/mol. The van der Waals surface area contributed by atoms with Gasteiger partial charge in [-0.15, -0.1) is 0 Å². The highest BCUT2D eigenvalue weighted by molar-refractivity contribution is 7.98. The summed E-state index contributed by atoms with van der Waals surface area (Å²) in [5, 5.41) is 18.3. The number of nitrogens with two attached hydrogens (primary N) is 1. The van der Waals surface area contributed by atoms with Crippen LogP contribution < -0.4 is 21.7 Å². The molecule has 0 aliphatic heterocycles. The molecule has 0 aliphatic carbocycles. The fourth-order valence-corrected chi connectivity index (χ4v) is 4.69. The van der Waals surface area contributed by atoms with Crippen LogP contribution in [-0.2, 0) is 32.0 Å². The molecule has 2 heterocycles. The Kier molecular flexibility index (Phi) is 11.3. The average Bonchev–Trinajstić information content (AvgIpc) is 3.58. The first-order valence-corrected chi connectivity index (χ1v) is 14.3. The SMILES string of the molecule is CSCCC(NC(=O)C(Cc1c[nH]c2ccccc12)NC(=O)C(CS)NC(=O)C(N)Cc1cnc[nH]1)C(=O)O. The van der Waals surface area contributed by atoms with Crippen LogP contribution in [0.4, 0.5) is 0 Å². The van der Waals surface area contributed by atoms with Gasteiger partial charge in [-0.2, -0.15) is 24.4 Å². The third-order valence-electron chi connectivity index (χ3n) is 6.10. The number of H-pyrrole nitrogens is 2. The summed E-state index contributed by atoms with van der Waals surface area (Å²) in [6.07, 6.45) is 7.10. The summed E-state index contributed by atoms with van der Waals surface area (Å²) in [5.74, 6) is -2.56. The number of hydrogen-bond acceptors (Lipinski definition) is 8. The van der Waals surface area contributed by atoms with E-state index in [0.717, 1.165) is 16.5 Å². The van der Waals surface area contributed by atoms with Crippen molar-refractivity contribution in [2.45, 2.75) is 43.4 Å². The fraction of sp³-hybridized carbons (Fsp3) is 0.400. The van der Waals surface area contributed by atoms with Crippen LogP contribution in [0.25, 0.3) is 10.9 Å². The number of carbonyl (C=O) groups excluding carboxylic acids is 3. The van der Waals surface area contributed by atoms with Crippen LogP contribution in [0, 0.1) is 0 Å². The third-order valence-corrected chi connectivity index (χ3v) is 7.11. The lowest BCUT2D eigenvalue weighted by Crippen LogP contribution is -2.58. The molecule has 0 saturated carbocycles. The molecule has 1 aromatic carbocycles. The summed E-state index contributed by atoms with van der Waals surface area (Å²) in [6, 6.07) is 3.23. The van der Waals surface area contributed by atoms with Crippen LogP contribution in [-0.4, -0.2) is 85.7 Å². The molecule has 0 fully saturated rings. The molecular formula is C25H33N7O5S2. The van der Waals surface area contributed by atoms with Crippen LogP contribution in [0.2, 0.25) is 0 Å². The van der Waals surface area contributed by atoms with Gasteiger partial charge in [0.05, 0.1) is 12.4 Å². The number of thiol groups is 1. The van der Waals surface area contributed by atoms with Gasteiger partial charge in [0.2, 0.25) is 17.7 Å². The predicted molar refractivity (Wildman–Crippen MR) is 153 cm³/mol. The molecule has 39 heavy (non-hydrogen) atoms. The number of aliphatic carboxylic acids is 1. The number of rotatable bonds is 15. The van der Waals surface area contributed by atoms with Crippen molar-refractivity contribution >= 4 is 59.0 Å². The Hall–Kier alpha value is -3.49. The van der Waals surface area contributed by atoms with Gasteiger partial charge in [-0.05, 0) is 30.1 Å². The first-order chi connectivity index (χ1) is 18.7. The van der Waals surface area contributed by atoms with E-state index < -0.39 is 47.9 Å². The number of carboxylic acid groups (broad SMARTS) is 1. The summed E-state index contributed by atoms with van der Waals surface area (Å²) in [5.41, 5.74) is 8.26. The number of aromatic nitrogens is 3. The summed E-state index contributed by atoms with van der Waals surface area (Å²) < 4.78 is 0. The second-order valence-electron chi connectivity index (χ2n) is 8.94. The molecule has 0 saturated heterocycles. The number of carbonyl (C=O) groups is 4. The van der Waals surface area contributed by atoms with Crippen LogP contribution in [0.15, 0.2) is 43.0 Å². The summed E-state index contributed by atoms with van der Waals surface area (Å²) in [4.78, 5) is 60.8. The molecule has 0 bridgehead atoms. The fourth-order valence-electron chi connectivity index (χ4n) is 3.97. The zero-order valence-corrected chi connectivity index (χ0v) is 23.1. The molecule has 3 aromatic rings. The zero-order valence-electron chi connectivity index (χ0n) is 21.3. The lowest BCUT2D eigenvalue weighted by atomic mass is 10.0. The summed E-state index contributed by atoms with van der Waals surface area (Å²) in [7, 11) is 0. The van der Waals surface area contributed by atoms with Gasteiger partial charge in [0.15, 0.2) is 0 Å². The normalized spacial score (nSPS) is 14.2. The zero-order chi connectivity index (χ0) is 28.4. The van der Waals surface area contributed by atoms with Crippen LogP contribution >= 0.6 is 24.4 Å². The number of imidazole rings is 1. The van der Waals surface area contributed by atoms with E-state index in [1.54, 1.807) is 12.4 Å². The van der Waals surface area contributed by atoms with Gasteiger partial charge < -0.3 is 36.8 Å². The largest absolute Gasteiger partial charge is 0.480 e. The highest BCUT2D eigenvalue weighted by atomic mass is 32.2. The molecule has 2 aromatic heterocycles. The second kappa shape index (κ2) is 14.6. The Morgan fingerprint density at radius 3 is 2.38 bits per heavy atom. The maximum atomic E-state index is 13.3. The smallest absolute Gasteiger partial charge is 0.326 e. The van der Waals surface area contributed by atoms with E-state index in [2.05, 4.69) is 43.5 Å². The van der Waals surface area contributed by atoms with Crippen molar-refractivity contribution in [2.75, 3.05) is 17.8 Å². The number of benzene rings is 1. The molecule has 12 nitrogen and oxygen atoms in total. The highest BCUT2D eigenvalue weighted by Crippen LogP contribution is 2.19. The Morgan fingerprint density at radius 2 is 1.72 bits per heavy atom. The van der Waals surface area contributed by atoms with Crippen molar-refractivity contribution in [3.8, 4) is 0 Å². The van der Waals surface area contributed by atoms with Gasteiger partial charge in [-0.3, -0.25) is 14.4 Å². The van der Waals surface area contributed by atoms with E-state index in [4.69, 9.17) is 5.73 Å². The number of fused-ring (bicyclic) bond motifs is 1. The molecule has 14 heteroatoms. The van der Waals surface area contributed by atoms with Crippen molar-refractivity contribution < 1.29 is 24.3 Å². The highest BCUT2D eigenvalue weighted by Gasteiger charge is 2.30. The molecule has 4 unspecified atom stereocenters. The molecule has 4 atom stereocenters. The monoisotopic (exact) mass is 575 g/mol. The first-order valence-electron chi connectivity index (χ1n) is 12.2. The minimum absolute atomic E-state index is 0.0543. The van der Waals surface area contributed by atoms with Crippen molar-refractivity contribution in [1.29, 1.82) is 0 Å². The van der Waals surface area contributed by atoms with Crippen LogP contribution in [0.5, 0.6) is 0 Å². The Bertz CT molecular complexity index is 1270. The summed E-state index contributed by atoms with van der Waals surface area (Å²) >= 11 is 5.66. The molecule has 0 spiro atoms. The maximum absolute atomic E-state index is 13.3. The van der Waals surface area contributed by atoms with E-state index in [9.17, 15) is 24.3 Å². The van der Waals surface area contributed by atoms with Gasteiger partial charge in [0.1, 0.15) is 18.1 Å². The number of nitrogens with zero attached hydrogens (tertiary/aromatic N) is 1. The van der Waals surface area contributed by atoms with E-state index in [1.807, 2.05) is 30.5 Å². The Labute approximate surface area is 235 Å². The minimum atomic E-state index is -1.17. The summed E-state index contributed by atoms with van der Waals surface area (Å²) in [6.45, 7) is 0. The molecular weight excluding hydrogens is 542 g/mol. The topological polar surface area (TPSA) is 195 Å². The van der Waals surface area contributed by atoms with Crippen molar-refractivity contribution in [3.63, 3.8) is 0 Å². The number of thioether (sulfide) groups is 1. The number of amides is 3. The Balaban J connectivity index is 1.75. The number of hydrogen-bond donors (Lipinski definition) is 8. The minimum Gasteiger partial charge on any atom is -0.480 e.